The van der Waals surface area contributed by atoms with Gasteiger partial charge >= 0.3 is 0 Å². The number of rotatable bonds is 3. The predicted octanol–water partition coefficient (Wildman–Crippen LogP) is 0.895. The van der Waals surface area contributed by atoms with Crippen molar-refractivity contribution in [1.29, 1.82) is 0 Å². The van der Waals surface area contributed by atoms with Crippen LogP contribution in [0.4, 0.5) is 11.8 Å². The summed E-state index contributed by atoms with van der Waals surface area (Å²) in [4.78, 5) is 19.9. The molecule has 7 nitrogen and oxygen atoms in total. The van der Waals surface area contributed by atoms with Gasteiger partial charge in [0.1, 0.15) is 0 Å². The van der Waals surface area contributed by atoms with Crippen molar-refractivity contribution in [3.63, 3.8) is 0 Å². The zero-order chi connectivity index (χ0) is 14.7. The van der Waals surface area contributed by atoms with E-state index in [-0.39, 0.29) is 5.91 Å². The minimum atomic E-state index is 0.138. The van der Waals surface area contributed by atoms with Crippen molar-refractivity contribution in [2.24, 2.45) is 0 Å². The Kier molecular flexibility index (Phi) is 4.17. The van der Waals surface area contributed by atoms with Gasteiger partial charge in [-0.1, -0.05) is 12.8 Å². The number of carbonyl (C=O) groups is 1. The molecule has 7 heteroatoms. The Labute approximate surface area is 124 Å². The van der Waals surface area contributed by atoms with Crippen LogP contribution in [0.3, 0.4) is 0 Å². The van der Waals surface area contributed by atoms with Crippen LogP contribution in [-0.2, 0) is 4.79 Å². The van der Waals surface area contributed by atoms with Gasteiger partial charge in [0.15, 0.2) is 5.82 Å². The summed E-state index contributed by atoms with van der Waals surface area (Å²) in [7, 11) is 0. The van der Waals surface area contributed by atoms with Gasteiger partial charge in [-0.2, -0.15) is 10.1 Å². The van der Waals surface area contributed by atoms with Crippen LogP contribution in [0.2, 0.25) is 0 Å². The highest BCUT2D eigenvalue weighted by atomic mass is 16.2. The number of nitrogens with zero attached hydrogens (tertiary/aromatic N) is 5. The van der Waals surface area contributed by atoms with Gasteiger partial charge in [0.25, 0.3) is 0 Å². The average molecular weight is 290 g/mol. The highest BCUT2D eigenvalue weighted by Crippen LogP contribution is 2.21. The van der Waals surface area contributed by atoms with Crippen LogP contribution in [0.1, 0.15) is 32.6 Å². The lowest BCUT2D eigenvalue weighted by Gasteiger charge is -2.34. The summed E-state index contributed by atoms with van der Waals surface area (Å²) in [6.07, 6.45) is 6.62. The molecule has 2 aliphatic rings. The topological polar surface area (TPSA) is 74.2 Å². The van der Waals surface area contributed by atoms with Crippen molar-refractivity contribution >= 4 is 17.7 Å². The first-order chi connectivity index (χ1) is 10.2. The Morgan fingerprint density at radius 1 is 1.24 bits per heavy atom. The molecule has 114 valence electrons. The van der Waals surface area contributed by atoms with Gasteiger partial charge in [-0.05, 0) is 12.8 Å². The lowest BCUT2D eigenvalue weighted by atomic mass is 10.2. The first-order valence-electron chi connectivity index (χ1n) is 7.69. The predicted molar refractivity (Wildman–Crippen MR) is 80.2 cm³/mol. The van der Waals surface area contributed by atoms with Crippen LogP contribution >= 0.6 is 0 Å². The Balaban J connectivity index is 1.62. The molecule has 3 rings (SSSR count). The minimum Gasteiger partial charge on any atom is -0.352 e. The highest BCUT2D eigenvalue weighted by molar-refractivity contribution is 5.73. The second-order valence-electron chi connectivity index (χ2n) is 5.76. The van der Waals surface area contributed by atoms with Crippen LogP contribution < -0.4 is 10.2 Å². The normalized spacial score (nSPS) is 19.9. The molecule has 1 aromatic heterocycles. The molecule has 1 aliphatic heterocycles. The molecule has 1 saturated carbocycles. The lowest BCUT2D eigenvalue weighted by molar-refractivity contribution is -0.129. The van der Waals surface area contributed by atoms with Crippen LogP contribution in [0, 0.1) is 0 Å². The maximum absolute atomic E-state index is 11.3. The zero-order valence-electron chi connectivity index (χ0n) is 12.5. The summed E-state index contributed by atoms with van der Waals surface area (Å²) >= 11 is 0. The number of amides is 1. The van der Waals surface area contributed by atoms with E-state index in [9.17, 15) is 4.79 Å². The molecule has 0 aromatic carbocycles. The summed E-state index contributed by atoms with van der Waals surface area (Å²) in [5.41, 5.74) is 0. The van der Waals surface area contributed by atoms with E-state index < -0.39 is 0 Å². The molecule has 1 aromatic rings. The molecule has 0 unspecified atom stereocenters. The van der Waals surface area contributed by atoms with E-state index >= 15 is 0 Å². The second-order valence-corrected chi connectivity index (χ2v) is 5.76. The van der Waals surface area contributed by atoms with E-state index in [4.69, 9.17) is 0 Å². The second kappa shape index (κ2) is 6.24. The van der Waals surface area contributed by atoms with E-state index in [0.29, 0.717) is 12.0 Å². The first kappa shape index (κ1) is 14.0. The van der Waals surface area contributed by atoms with Crippen LogP contribution in [0.5, 0.6) is 0 Å². The average Bonchev–Trinajstić information content (AvgIpc) is 3.00. The molecule has 0 radical (unpaired) electrons. The molecule has 0 atom stereocenters. The van der Waals surface area contributed by atoms with Gasteiger partial charge in [-0.15, -0.1) is 5.10 Å². The fraction of sp³-hybridized carbons (Fsp3) is 0.714. The quantitative estimate of drug-likeness (QED) is 0.891. The van der Waals surface area contributed by atoms with Crippen LogP contribution in [-0.4, -0.2) is 58.2 Å². The summed E-state index contributed by atoms with van der Waals surface area (Å²) in [5.74, 6) is 1.60. The fourth-order valence-corrected chi connectivity index (χ4v) is 3.01. The van der Waals surface area contributed by atoms with E-state index in [1.165, 1.54) is 25.7 Å². The zero-order valence-corrected chi connectivity index (χ0v) is 12.5. The molecule has 2 heterocycles. The van der Waals surface area contributed by atoms with Crippen molar-refractivity contribution in [2.45, 2.75) is 38.6 Å². The minimum absolute atomic E-state index is 0.138. The van der Waals surface area contributed by atoms with Gasteiger partial charge in [-0.3, -0.25) is 4.79 Å². The molecule has 2 fully saturated rings. The first-order valence-corrected chi connectivity index (χ1v) is 7.69. The lowest BCUT2D eigenvalue weighted by Crippen LogP contribution is -2.48. The summed E-state index contributed by atoms with van der Waals surface area (Å²) in [5, 5.41) is 11.5. The SMILES string of the molecule is CC(=O)N1CCN(c2cnnc(NC3CCCC3)n2)CC1. The number of piperazine rings is 1. The number of hydrogen-bond donors (Lipinski definition) is 1. The van der Waals surface area contributed by atoms with E-state index in [0.717, 1.165) is 32.0 Å². The smallest absolute Gasteiger partial charge is 0.244 e. The number of aromatic nitrogens is 3. The van der Waals surface area contributed by atoms with Crippen molar-refractivity contribution in [1.82, 2.24) is 20.1 Å². The monoisotopic (exact) mass is 290 g/mol. The molecule has 0 spiro atoms. The third-order valence-electron chi connectivity index (χ3n) is 4.28. The summed E-state index contributed by atoms with van der Waals surface area (Å²) in [6.45, 7) is 4.68. The van der Waals surface area contributed by atoms with Crippen LogP contribution in [0.15, 0.2) is 6.20 Å². The van der Waals surface area contributed by atoms with Gasteiger partial charge in [0.2, 0.25) is 11.9 Å². The van der Waals surface area contributed by atoms with E-state index in [1.54, 1.807) is 13.1 Å². The maximum Gasteiger partial charge on any atom is 0.244 e. The third-order valence-corrected chi connectivity index (χ3v) is 4.28. The molecule has 1 aliphatic carbocycles. The summed E-state index contributed by atoms with van der Waals surface area (Å²) < 4.78 is 0. The highest BCUT2D eigenvalue weighted by Gasteiger charge is 2.21. The third kappa shape index (κ3) is 3.40. The molecule has 1 amide bonds. The van der Waals surface area contributed by atoms with Crippen molar-refractivity contribution in [3.05, 3.63) is 6.20 Å². The molecule has 1 N–H and O–H groups in total. The fourth-order valence-electron chi connectivity index (χ4n) is 3.01. The largest absolute Gasteiger partial charge is 0.352 e. The molecule has 1 saturated heterocycles. The Hall–Kier alpha value is -1.92. The van der Waals surface area contributed by atoms with Gasteiger partial charge in [-0.25, -0.2) is 0 Å². The Morgan fingerprint density at radius 2 is 1.95 bits per heavy atom. The molecule has 0 bridgehead atoms. The van der Waals surface area contributed by atoms with E-state index in [1.807, 2.05) is 4.90 Å². The number of hydrogen-bond acceptors (Lipinski definition) is 6. The molecule has 21 heavy (non-hydrogen) atoms. The maximum atomic E-state index is 11.3. The van der Waals surface area contributed by atoms with Crippen molar-refractivity contribution in [2.75, 3.05) is 36.4 Å². The van der Waals surface area contributed by atoms with Gasteiger partial charge in [0, 0.05) is 39.1 Å². The van der Waals surface area contributed by atoms with Gasteiger partial charge in [0.05, 0.1) is 6.20 Å². The van der Waals surface area contributed by atoms with E-state index in [2.05, 4.69) is 25.4 Å². The van der Waals surface area contributed by atoms with Crippen molar-refractivity contribution < 1.29 is 4.79 Å². The molecular weight excluding hydrogens is 268 g/mol. The summed E-state index contributed by atoms with van der Waals surface area (Å²) in [6, 6.07) is 0.483. The van der Waals surface area contributed by atoms with Gasteiger partial charge < -0.3 is 15.1 Å². The molecular formula is C14H22N6O. The number of anilines is 2. The Morgan fingerprint density at radius 3 is 2.62 bits per heavy atom. The van der Waals surface area contributed by atoms with Crippen molar-refractivity contribution in [3.8, 4) is 0 Å². The Bertz CT molecular complexity index is 494. The number of carbonyl (C=O) groups excluding carboxylic acids is 1. The number of nitrogens with one attached hydrogen (secondary N) is 1. The standard InChI is InChI=1S/C14H22N6O/c1-11(21)19-6-8-20(9-7-19)13-10-15-18-14(17-13)16-12-4-2-3-5-12/h10,12H,2-9H2,1H3,(H,16,17,18). The van der Waals surface area contributed by atoms with Crippen LogP contribution in [0.25, 0.3) is 0 Å².